The lowest BCUT2D eigenvalue weighted by Crippen LogP contribution is -2.38. The van der Waals surface area contributed by atoms with Crippen molar-refractivity contribution in [3.8, 4) is 5.69 Å². The number of aromatic nitrogens is 3. The van der Waals surface area contributed by atoms with Gasteiger partial charge in [-0.05, 0) is 49.6 Å². The average Bonchev–Trinajstić information content (AvgIpc) is 3.55. The number of thioether (sulfide) groups is 1. The first-order valence-corrected chi connectivity index (χ1v) is 12.0. The Labute approximate surface area is 196 Å². The number of amides is 1. The average molecular weight is 468 g/mol. The molecule has 2 fully saturated rings. The summed E-state index contributed by atoms with van der Waals surface area (Å²) in [5, 5.41) is 12.1. The monoisotopic (exact) mass is 467 g/mol. The van der Waals surface area contributed by atoms with Crippen LogP contribution in [0.5, 0.6) is 0 Å². The molecular formula is C24H26FN5O2S. The highest BCUT2D eigenvalue weighted by atomic mass is 32.2. The number of carbonyl (C=O) groups is 1. The molecule has 2 aliphatic rings. The van der Waals surface area contributed by atoms with E-state index in [0.717, 1.165) is 48.7 Å². The Morgan fingerprint density at radius 3 is 2.45 bits per heavy atom. The van der Waals surface area contributed by atoms with E-state index in [-0.39, 0.29) is 17.8 Å². The highest BCUT2D eigenvalue weighted by Gasteiger charge is 2.31. The molecule has 5 rings (SSSR count). The van der Waals surface area contributed by atoms with Crippen LogP contribution in [0.1, 0.15) is 29.2 Å². The summed E-state index contributed by atoms with van der Waals surface area (Å²) < 4.78 is 21.1. The number of benzene rings is 2. The van der Waals surface area contributed by atoms with Gasteiger partial charge in [0.15, 0.2) is 5.16 Å². The Morgan fingerprint density at radius 1 is 1.09 bits per heavy atom. The Kier molecular flexibility index (Phi) is 6.32. The fourth-order valence-corrected chi connectivity index (χ4v) is 4.81. The summed E-state index contributed by atoms with van der Waals surface area (Å²) in [5.41, 5.74) is 2.81. The standard InChI is InChI=1S/C24H26FN5O2S/c1-16-2-10-20(11-3-16)30-23(29-12-14-32-15-13-29)27-28-24(30)33-21(22(31)26-19-8-9-19)17-4-6-18(25)7-5-17/h2-7,10-11,19,21H,8-9,12-15H2,1H3,(H,26,31). The number of rotatable bonds is 7. The molecule has 172 valence electrons. The number of anilines is 1. The Hall–Kier alpha value is -2.91. The number of nitrogens with zero attached hydrogens (tertiary/aromatic N) is 4. The number of hydrogen-bond donors (Lipinski definition) is 1. The third-order valence-electron chi connectivity index (χ3n) is 5.76. The molecule has 0 radical (unpaired) electrons. The minimum atomic E-state index is -0.572. The summed E-state index contributed by atoms with van der Waals surface area (Å²) in [6.45, 7) is 4.74. The van der Waals surface area contributed by atoms with Crippen LogP contribution in [-0.2, 0) is 9.53 Å². The predicted octanol–water partition coefficient (Wildman–Crippen LogP) is 3.66. The first kappa shape index (κ1) is 21.9. The maximum Gasteiger partial charge on any atom is 0.238 e. The smallest absolute Gasteiger partial charge is 0.238 e. The number of ether oxygens (including phenoxy) is 1. The quantitative estimate of drug-likeness (QED) is 0.535. The Bertz CT molecular complexity index is 1110. The lowest BCUT2D eigenvalue weighted by molar-refractivity contribution is -0.120. The topological polar surface area (TPSA) is 72.3 Å². The summed E-state index contributed by atoms with van der Waals surface area (Å²) >= 11 is 1.33. The number of aryl methyl sites for hydroxylation is 1. The van der Waals surface area contributed by atoms with Gasteiger partial charge in [0.25, 0.3) is 0 Å². The molecule has 1 saturated carbocycles. The Morgan fingerprint density at radius 2 is 1.79 bits per heavy atom. The van der Waals surface area contributed by atoms with Crippen molar-refractivity contribution in [3.05, 3.63) is 65.5 Å². The van der Waals surface area contributed by atoms with Gasteiger partial charge in [-0.2, -0.15) is 0 Å². The van der Waals surface area contributed by atoms with E-state index >= 15 is 0 Å². The molecule has 7 nitrogen and oxygen atoms in total. The molecule has 2 heterocycles. The highest BCUT2D eigenvalue weighted by Crippen LogP contribution is 2.38. The molecule has 1 amide bonds. The minimum absolute atomic E-state index is 0.0968. The van der Waals surface area contributed by atoms with Crippen LogP contribution >= 0.6 is 11.8 Å². The van der Waals surface area contributed by atoms with Crippen molar-refractivity contribution in [3.63, 3.8) is 0 Å². The van der Waals surface area contributed by atoms with Gasteiger partial charge in [0, 0.05) is 19.1 Å². The summed E-state index contributed by atoms with van der Waals surface area (Å²) in [6.07, 6.45) is 1.99. The lowest BCUT2D eigenvalue weighted by Gasteiger charge is -2.28. The largest absolute Gasteiger partial charge is 0.378 e. The second-order valence-corrected chi connectivity index (χ2v) is 9.46. The van der Waals surface area contributed by atoms with Crippen LogP contribution in [0.3, 0.4) is 0 Å². The van der Waals surface area contributed by atoms with Gasteiger partial charge in [0.05, 0.1) is 18.9 Å². The van der Waals surface area contributed by atoms with Gasteiger partial charge in [0.2, 0.25) is 11.9 Å². The van der Waals surface area contributed by atoms with Crippen molar-refractivity contribution in [2.75, 3.05) is 31.2 Å². The fourth-order valence-electron chi connectivity index (χ4n) is 3.75. The molecule has 33 heavy (non-hydrogen) atoms. The van der Waals surface area contributed by atoms with Gasteiger partial charge in [-0.1, -0.05) is 41.6 Å². The summed E-state index contributed by atoms with van der Waals surface area (Å²) in [6, 6.07) is 14.5. The van der Waals surface area contributed by atoms with Gasteiger partial charge >= 0.3 is 0 Å². The molecule has 1 atom stereocenters. The van der Waals surface area contributed by atoms with E-state index in [0.29, 0.717) is 18.4 Å². The van der Waals surface area contributed by atoms with Crippen molar-refractivity contribution in [2.45, 2.75) is 36.2 Å². The zero-order valence-corrected chi connectivity index (χ0v) is 19.2. The predicted molar refractivity (Wildman–Crippen MR) is 125 cm³/mol. The van der Waals surface area contributed by atoms with Crippen LogP contribution in [0.15, 0.2) is 53.7 Å². The molecule has 2 aromatic carbocycles. The normalized spacial score (nSPS) is 17.1. The second-order valence-electron chi connectivity index (χ2n) is 8.39. The van der Waals surface area contributed by atoms with Gasteiger partial charge in [-0.25, -0.2) is 4.39 Å². The van der Waals surface area contributed by atoms with E-state index in [1.807, 2.05) is 35.8 Å². The van der Waals surface area contributed by atoms with Gasteiger partial charge in [-0.15, -0.1) is 10.2 Å². The molecule has 3 aromatic rings. The molecule has 0 bridgehead atoms. The third-order valence-corrected chi connectivity index (χ3v) is 6.96. The number of hydrogen-bond acceptors (Lipinski definition) is 6. The molecule has 1 N–H and O–H groups in total. The minimum Gasteiger partial charge on any atom is -0.378 e. The van der Waals surface area contributed by atoms with Gasteiger partial charge < -0.3 is 15.0 Å². The van der Waals surface area contributed by atoms with Gasteiger partial charge in [0.1, 0.15) is 11.1 Å². The number of carbonyl (C=O) groups excluding carboxylic acids is 1. The van der Waals surface area contributed by atoms with E-state index in [1.165, 1.54) is 23.9 Å². The van der Waals surface area contributed by atoms with Crippen LogP contribution in [0.2, 0.25) is 0 Å². The van der Waals surface area contributed by atoms with Crippen LogP contribution in [0.4, 0.5) is 10.3 Å². The zero-order chi connectivity index (χ0) is 22.8. The highest BCUT2D eigenvalue weighted by molar-refractivity contribution is 8.00. The summed E-state index contributed by atoms with van der Waals surface area (Å²) in [4.78, 5) is 15.3. The zero-order valence-electron chi connectivity index (χ0n) is 18.4. The van der Waals surface area contributed by atoms with Crippen LogP contribution < -0.4 is 10.2 Å². The molecule has 1 saturated heterocycles. The van der Waals surface area contributed by atoms with Crippen LogP contribution in [-0.4, -0.2) is 53.0 Å². The maximum absolute atomic E-state index is 13.6. The van der Waals surface area contributed by atoms with E-state index in [4.69, 9.17) is 4.74 Å². The maximum atomic E-state index is 13.6. The first-order valence-electron chi connectivity index (χ1n) is 11.2. The lowest BCUT2D eigenvalue weighted by atomic mass is 10.1. The molecule has 1 aliphatic carbocycles. The van der Waals surface area contributed by atoms with E-state index in [1.54, 1.807) is 12.1 Å². The van der Waals surface area contributed by atoms with Crippen molar-refractivity contribution in [1.29, 1.82) is 0 Å². The van der Waals surface area contributed by atoms with E-state index in [9.17, 15) is 9.18 Å². The molecule has 1 unspecified atom stereocenters. The van der Waals surface area contributed by atoms with E-state index < -0.39 is 5.25 Å². The van der Waals surface area contributed by atoms with Crippen molar-refractivity contribution < 1.29 is 13.9 Å². The molecular weight excluding hydrogens is 441 g/mol. The van der Waals surface area contributed by atoms with Crippen LogP contribution in [0.25, 0.3) is 5.69 Å². The second kappa shape index (κ2) is 9.52. The fraction of sp³-hybridized carbons (Fsp3) is 0.375. The van der Waals surface area contributed by atoms with Crippen molar-refractivity contribution in [2.24, 2.45) is 0 Å². The number of nitrogens with one attached hydrogen (secondary N) is 1. The first-order chi connectivity index (χ1) is 16.1. The molecule has 0 spiro atoms. The van der Waals surface area contributed by atoms with Crippen molar-refractivity contribution >= 4 is 23.6 Å². The van der Waals surface area contributed by atoms with Crippen molar-refractivity contribution in [1.82, 2.24) is 20.1 Å². The van der Waals surface area contributed by atoms with Crippen LogP contribution in [0, 0.1) is 12.7 Å². The summed E-state index contributed by atoms with van der Waals surface area (Å²) in [5.74, 6) is 0.299. The van der Waals surface area contributed by atoms with E-state index in [2.05, 4.69) is 20.4 Å². The summed E-state index contributed by atoms with van der Waals surface area (Å²) in [7, 11) is 0. The number of morpholine rings is 1. The van der Waals surface area contributed by atoms with Gasteiger partial charge in [-0.3, -0.25) is 9.36 Å². The molecule has 1 aromatic heterocycles. The Balaban J connectivity index is 1.52. The number of halogens is 1. The third kappa shape index (κ3) is 5.04. The molecule has 9 heteroatoms. The SMILES string of the molecule is Cc1ccc(-n2c(SC(C(=O)NC3CC3)c3ccc(F)cc3)nnc2N2CCOCC2)cc1. The molecule has 1 aliphatic heterocycles.